The molecule has 0 spiro atoms. The van der Waals surface area contributed by atoms with Crippen LogP contribution in [0.4, 0.5) is 18.9 Å². The Morgan fingerprint density at radius 2 is 2.00 bits per heavy atom. The fraction of sp³-hybridized carbons (Fsp3) is 0.417. The van der Waals surface area contributed by atoms with Crippen molar-refractivity contribution in [2.75, 3.05) is 5.73 Å². The number of carbonyl (C=O) groups is 1. The molecule has 1 aliphatic rings. The number of hydrogen-bond donors (Lipinski definition) is 2. The van der Waals surface area contributed by atoms with E-state index in [-0.39, 0.29) is 17.3 Å². The number of carbonyl (C=O) groups excluding carboxylic acids is 1. The van der Waals surface area contributed by atoms with Crippen LogP contribution in [0.15, 0.2) is 18.2 Å². The number of amides is 1. The summed E-state index contributed by atoms with van der Waals surface area (Å²) >= 11 is 0. The lowest BCUT2D eigenvalue weighted by Gasteiger charge is -2.26. The van der Waals surface area contributed by atoms with Gasteiger partial charge in [-0.25, -0.2) is 0 Å². The molecule has 0 radical (unpaired) electrons. The second-order valence-corrected chi connectivity index (χ2v) is 4.40. The molecule has 98 valence electrons. The zero-order chi connectivity index (χ0) is 13.3. The van der Waals surface area contributed by atoms with Crippen LogP contribution in [0, 0.1) is 0 Å². The fourth-order valence-corrected chi connectivity index (χ4v) is 1.76. The summed E-state index contributed by atoms with van der Waals surface area (Å²) in [7, 11) is 0. The van der Waals surface area contributed by atoms with Crippen LogP contribution in [-0.2, 0) is 6.18 Å². The third-order valence-corrected chi connectivity index (χ3v) is 3.06. The zero-order valence-electron chi connectivity index (χ0n) is 9.55. The molecule has 0 bridgehead atoms. The topological polar surface area (TPSA) is 55.1 Å². The van der Waals surface area contributed by atoms with Crippen LogP contribution in [0.1, 0.15) is 35.2 Å². The van der Waals surface area contributed by atoms with E-state index in [1.807, 2.05) is 0 Å². The van der Waals surface area contributed by atoms with Crippen molar-refractivity contribution >= 4 is 11.6 Å². The quantitative estimate of drug-likeness (QED) is 0.801. The van der Waals surface area contributed by atoms with Gasteiger partial charge in [0.1, 0.15) is 0 Å². The first-order valence-corrected chi connectivity index (χ1v) is 5.65. The molecule has 0 aromatic heterocycles. The summed E-state index contributed by atoms with van der Waals surface area (Å²) in [6.45, 7) is 0. The molecule has 0 saturated heterocycles. The van der Waals surface area contributed by atoms with Gasteiger partial charge in [-0.3, -0.25) is 4.79 Å². The first-order chi connectivity index (χ1) is 8.38. The molecule has 2 rings (SSSR count). The van der Waals surface area contributed by atoms with Gasteiger partial charge in [-0.15, -0.1) is 0 Å². The van der Waals surface area contributed by atoms with Gasteiger partial charge in [-0.05, 0) is 37.5 Å². The maximum atomic E-state index is 12.6. The molecule has 3 N–H and O–H groups in total. The van der Waals surface area contributed by atoms with Crippen LogP contribution >= 0.6 is 0 Å². The van der Waals surface area contributed by atoms with Gasteiger partial charge in [0.05, 0.1) is 5.56 Å². The normalized spacial score (nSPS) is 16.2. The summed E-state index contributed by atoms with van der Waals surface area (Å²) in [6.07, 6.45) is -1.74. The molecule has 18 heavy (non-hydrogen) atoms. The van der Waals surface area contributed by atoms with Crippen LogP contribution in [0.3, 0.4) is 0 Å². The molecule has 1 aliphatic carbocycles. The van der Waals surface area contributed by atoms with E-state index in [1.54, 1.807) is 0 Å². The van der Waals surface area contributed by atoms with Crippen LogP contribution in [0.25, 0.3) is 0 Å². The largest absolute Gasteiger partial charge is 0.418 e. The van der Waals surface area contributed by atoms with Crippen LogP contribution < -0.4 is 11.1 Å². The van der Waals surface area contributed by atoms with Gasteiger partial charge in [0.15, 0.2) is 0 Å². The summed E-state index contributed by atoms with van der Waals surface area (Å²) in [6, 6.07) is 3.30. The Balaban J connectivity index is 2.20. The number of benzene rings is 1. The summed E-state index contributed by atoms with van der Waals surface area (Å²) < 4.78 is 37.9. The molecule has 1 aromatic rings. The number of nitrogens with two attached hydrogens (primary N) is 1. The van der Waals surface area contributed by atoms with E-state index in [9.17, 15) is 18.0 Å². The van der Waals surface area contributed by atoms with Crippen molar-refractivity contribution < 1.29 is 18.0 Å². The Morgan fingerprint density at radius 3 is 2.50 bits per heavy atom. The molecular weight excluding hydrogens is 245 g/mol. The maximum absolute atomic E-state index is 12.6. The van der Waals surface area contributed by atoms with Crippen molar-refractivity contribution in [1.82, 2.24) is 5.32 Å². The zero-order valence-corrected chi connectivity index (χ0v) is 9.55. The molecule has 0 unspecified atom stereocenters. The molecule has 6 heteroatoms. The molecule has 0 aliphatic heterocycles. The molecule has 1 fully saturated rings. The SMILES string of the molecule is Nc1ccc(C(=O)NC2CCC2)cc1C(F)(F)F. The van der Waals surface area contributed by atoms with E-state index in [0.29, 0.717) is 0 Å². The Kier molecular flexibility index (Phi) is 3.19. The minimum absolute atomic E-state index is 0.0107. The summed E-state index contributed by atoms with van der Waals surface area (Å²) in [5.74, 6) is -0.481. The van der Waals surface area contributed by atoms with Crippen molar-refractivity contribution in [3.8, 4) is 0 Å². The lowest BCUT2D eigenvalue weighted by molar-refractivity contribution is -0.136. The van der Waals surface area contributed by atoms with E-state index < -0.39 is 17.6 Å². The van der Waals surface area contributed by atoms with Gasteiger partial charge in [-0.2, -0.15) is 13.2 Å². The first kappa shape index (κ1) is 12.7. The lowest BCUT2D eigenvalue weighted by Crippen LogP contribution is -2.39. The fourth-order valence-electron chi connectivity index (χ4n) is 1.76. The highest BCUT2D eigenvalue weighted by molar-refractivity contribution is 5.95. The molecule has 0 atom stereocenters. The van der Waals surface area contributed by atoms with Gasteiger partial charge in [-0.1, -0.05) is 0 Å². The molecule has 3 nitrogen and oxygen atoms in total. The van der Waals surface area contributed by atoms with Gasteiger partial charge >= 0.3 is 6.18 Å². The summed E-state index contributed by atoms with van der Waals surface area (Å²) in [5.41, 5.74) is 3.91. The minimum Gasteiger partial charge on any atom is -0.398 e. The Labute approximate surface area is 102 Å². The number of nitrogens with one attached hydrogen (secondary N) is 1. The highest BCUT2D eigenvalue weighted by atomic mass is 19.4. The number of hydrogen-bond acceptors (Lipinski definition) is 2. The number of nitrogen functional groups attached to an aromatic ring is 1. The van der Waals surface area contributed by atoms with Crippen molar-refractivity contribution in [3.63, 3.8) is 0 Å². The highest BCUT2D eigenvalue weighted by Gasteiger charge is 2.33. The molecule has 1 amide bonds. The van der Waals surface area contributed by atoms with Crippen molar-refractivity contribution in [2.24, 2.45) is 0 Å². The van der Waals surface area contributed by atoms with Crippen LogP contribution in [0.2, 0.25) is 0 Å². The maximum Gasteiger partial charge on any atom is 0.418 e. The summed E-state index contributed by atoms with van der Waals surface area (Å²) in [4.78, 5) is 11.7. The second-order valence-electron chi connectivity index (χ2n) is 4.40. The van der Waals surface area contributed by atoms with Crippen molar-refractivity contribution in [1.29, 1.82) is 0 Å². The average Bonchev–Trinajstić information content (AvgIpc) is 2.22. The number of anilines is 1. The average molecular weight is 258 g/mol. The summed E-state index contributed by atoms with van der Waals surface area (Å²) in [5, 5.41) is 2.68. The van der Waals surface area contributed by atoms with E-state index >= 15 is 0 Å². The smallest absolute Gasteiger partial charge is 0.398 e. The predicted molar refractivity (Wildman–Crippen MR) is 61.0 cm³/mol. The molecular formula is C12H13F3N2O. The highest BCUT2D eigenvalue weighted by Crippen LogP contribution is 2.34. The molecule has 1 saturated carbocycles. The van der Waals surface area contributed by atoms with Gasteiger partial charge in [0.25, 0.3) is 5.91 Å². The Hall–Kier alpha value is -1.72. The van der Waals surface area contributed by atoms with Crippen molar-refractivity contribution in [2.45, 2.75) is 31.5 Å². The molecule has 0 heterocycles. The predicted octanol–water partition coefficient (Wildman–Crippen LogP) is 2.57. The Bertz CT molecular complexity index is 467. The Morgan fingerprint density at radius 1 is 1.33 bits per heavy atom. The minimum atomic E-state index is -4.54. The monoisotopic (exact) mass is 258 g/mol. The van der Waals surface area contributed by atoms with Crippen LogP contribution in [0.5, 0.6) is 0 Å². The van der Waals surface area contributed by atoms with Gasteiger partial charge in [0, 0.05) is 17.3 Å². The third-order valence-electron chi connectivity index (χ3n) is 3.06. The van der Waals surface area contributed by atoms with Gasteiger partial charge < -0.3 is 11.1 Å². The van der Waals surface area contributed by atoms with E-state index in [1.165, 1.54) is 6.07 Å². The van der Waals surface area contributed by atoms with Crippen LogP contribution in [-0.4, -0.2) is 11.9 Å². The third kappa shape index (κ3) is 2.57. The van der Waals surface area contributed by atoms with E-state index in [2.05, 4.69) is 5.32 Å². The lowest BCUT2D eigenvalue weighted by atomic mass is 9.93. The number of alkyl halides is 3. The number of rotatable bonds is 2. The van der Waals surface area contributed by atoms with E-state index in [0.717, 1.165) is 31.4 Å². The first-order valence-electron chi connectivity index (χ1n) is 5.65. The number of halogens is 3. The molecule has 1 aromatic carbocycles. The van der Waals surface area contributed by atoms with Gasteiger partial charge in [0.2, 0.25) is 0 Å². The van der Waals surface area contributed by atoms with E-state index in [4.69, 9.17) is 5.73 Å². The van der Waals surface area contributed by atoms with Crippen molar-refractivity contribution in [3.05, 3.63) is 29.3 Å². The second kappa shape index (κ2) is 4.51. The standard InChI is InChI=1S/C12H13F3N2O/c13-12(14,15)9-6-7(4-5-10(9)16)11(18)17-8-2-1-3-8/h4-6,8H,1-3,16H2,(H,17,18).